The van der Waals surface area contributed by atoms with Gasteiger partial charge < -0.3 is 10.1 Å². The Morgan fingerprint density at radius 2 is 1.96 bits per heavy atom. The molecule has 2 rings (SSSR count). The second kappa shape index (κ2) is 7.39. The van der Waals surface area contributed by atoms with Crippen LogP contribution in [0.5, 0.6) is 5.75 Å². The maximum atomic E-state index is 12.6. The zero-order valence-corrected chi connectivity index (χ0v) is 13.1. The Hall–Kier alpha value is -2.81. The van der Waals surface area contributed by atoms with Gasteiger partial charge in [0.1, 0.15) is 5.75 Å². The summed E-state index contributed by atoms with van der Waals surface area (Å²) in [6.07, 6.45) is -4.53. The summed E-state index contributed by atoms with van der Waals surface area (Å²) >= 11 is 5.83. The number of hydrogen-bond acceptors (Lipinski definition) is 4. The molecule has 0 bridgehead atoms. The van der Waals surface area contributed by atoms with Crippen LogP contribution in [0.25, 0.3) is 0 Å². The molecule has 0 aromatic heterocycles. The van der Waals surface area contributed by atoms with Crippen LogP contribution in [0.3, 0.4) is 0 Å². The van der Waals surface area contributed by atoms with E-state index >= 15 is 0 Å². The third-order valence-electron chi connectivity index (χ3n) is 2.97. The van der Waals surface area contributed by atoms with E-state index in [9.17, 15) is 28.1 Å². The SMILES string of the molecule is O=C(COc1cccc(C(F)(F)F)c1)Nc1cc([N+](=O)[O-])ccc1Cl. The molecule has 0 atom stereocenters. The van der Waals surface area contributed by atoms with Crippen LogP contribution in [0.2, 0.25) is 5.02 Å². The number of anilines is 1. The van der Waals surface area contributed by atoms with Crippen LogP contribution in [0.1, 0.15) is 5.56 Å². The number of nitro benzene ring substituents is 1. The van der Waals surface area contributed by atoms with Gasteiger partial charge in [0.25, 0.3) is 11.6 Å². The molecule has 0 unspecified atom stereocenters. The number of carbonyl (C=O) groups excluding carboxylic acids is 1. The lowest BCUT2D eigenvalue weighted by atomic mass is 10.2. The maximum Gasteiger partial charge on any atom is 0.416 e. The number of halogens is 4. The number of alkyl halides is 3. The van der Waals surface area contributed by atoms with Crippen molar-refractivity contribution in [2.45, 2.75) is 6.18 Å². The topological polar surface area (TPSA) is 81.5 Å². The van der Waals surface area contributed by atoms with Gasteiger partial charge in [-0.05, 0) is 24.3 Å². The summed E-state index contributed by atoms with van der Waals surface area (Å²) in [7, 11) is 0. The fourth-order valence-electron chi connectivity index (χ4n) is 1.82. The molecule has 0 heterocycles. The first-order chi connectivity index (χ1) is 11.7. The second-order valence-electron chi connectivity index (χ2n) is 4.78. The first kappa shape index (κ1) is 18.5. The number of benzene rings is 2. The molecule has 2 aromatic carbocycles. The van der Waals surface area contributed by atoms with E-state index in [2.05, 4.69) is 5.32 Å². The summed E-state index contributed by atoms with van der Waals surface area (Å²) in [5.41, 5.74) is -1.20. The van der Waals surface area contributed by atoms with Gasteiger partial charge in [0.05, 0.1) is 21.2 Å². The zero-order valence-electron chi connectivity index (χ0n) is 12.3. The number of nitro groups is 1. The average molecular weight is 375 g/mol. The van der Waals surface area contributed by atoms with Gasteiger partial charge in [-0.2, -0.15) is 13.2 Å². The van der Waals surface area contributed by atoms with Gasteiger partial charge in [-0.1, -0.05) is 17.7 Å². The van der Waals surface area contributed by atoms with Gasteiger partial charge in [-0.15, -0.1) is 0 Å². The molecular weight excluding hydrogens is 365 g/mol. The second-order valence-corrected chi connectivity index (χ2v) is 5.19. The predicted octanol–water partition coefficient (Wildman–Crippen LogP) is 4.28. The third kappa shape index (κ3) is 5.08. The Kier molecular flexibility index (Phi) is 5.48. The predicted molar refractivity (Wildman–Crippen MR) is 83.7 cm³/mol. The third-order valence-corrected chi connectivity index (χ3v) is 3.30. The monoisotopic (exact) mass is 374 g/mol. The largest absolute Gasteiger partial charge is 0.484 e. The lowest BCUT2D eigenvalue weighted by Crippen LogP contribution is -2.20. The van der Waals surface area contributed by atoms with Gasteiger partial charge in [0.15, 0.2) is 6.61 Å². The molecule has 0 spiro atoms. The normalized spacial score (nSPS) is 11.0. The Labute approximate surface area is 144 Å². The minimum Gasteiger partial charge on any atom is -0.484 e. The van der Waals surface area contributed by atoms with Crippen molar-refractivity contribution in [3.05, 3.63) is 63.2 Å². The molecule has 2 aromatic rings. The number of nitrogens with zero attached hydrogens (tertiary/aromatic N) is 1. The van der Waals surface area contributed by atoms with Crippen molar-refractivity contribution in [2.75, 3.05) is 11.9 Å². The number of non-ortho nitro benzene ring substituents is 1. The molecule has 0 saturated carbocycles. The molecule has 25 heavy (non-hydrogen) atoms. The lowest BCUT2D eigenvalue weighted by Gasteiger charge is -2.11. The van der Waals surface area contributed by atoms with Gasteiger partial charge in [0.2, 0.25) is 0 Å². The van der Waals surface area contributed by atoms with E-state index in [-0.39, 0.29) is 22.1 Å². The average Bonchev–Trinajstić information content (AvgIpc) is 2.54. The number of hydrogen-bond donors (Lipinski definition) is 1. The fraction of sp³-hybridized carbons (Fsp3) is 0.133. The highest BCUT2D eigenvalue weighted by Crippen LogP contribution is 2.31. The van der Waals surface area contributed by atoms with E-state index in [4.69, 9.17) is 16.3 Å². The number of nitrogens with one attached hydrogen (secondary N) is 1. The van der Waals surface area contributed by atoms with Crippen LogP contribution < -0.4 is 10.1 Å². The standard InChI is InChI=1S/C15H10ClF3N2O4/c16-12-5-4-10(21(23)24)7-13(12)20-14(22)8-25-11-3-1-2-9(6-11)15(17,18)19/h1-7H,8H2,(H,20,22). The van der Waals surface area contributed by atoms with Crippen molar-refractivity contribution in [3.8, 4) is 5.75 Å². The zero-order chi connectivity index (χ0) is 18.6. The van der Waals surface area contributed by atoms with Gasteiger partial charge in [-0.25, -0.2) is 0 Å². The molecule has 0 radical (unpaired) electrons. The van der Waals surface area contributed by atoms with Crippen molar-refractivity contribution in [2.24, 2.45) is 0 Å². The first-order valence-electron chi connectivity index (χ1n) is 6.70. The minimum atomic E-state index is -4.53. The molecule has 0 aliphatic heterocycles. The molecule has 0 fully saturated rings. The summed E-state index contributed by atoms with van der Waals surface area (Å²) in [6.45, 7) is -0.597. The summed E-state index contributed by atoms with van der Waals surface area (Å²) in [4.78, 5) is 21.9. The van der Waals surface area contributed by atoms with Crippen molar-refractivity contribution in [3.63, 3.8) is 0 Å². The van der Waals surface area contributed by atoms with Crippen LogP contribution in [-0.4, -0.2) is 17.4 Å². The Balaban J connectivity index is 2.02. The molecule has 1 N–H and O–H groups in total. The molecule has 6 nitrogen and oxygen atoms in total. The highest BCUT2D eigenvalue weighted by molar-refractivity contribution is 6.33. The molecule has 0 aliphatic rings. The highest BCUT2D eigenvalue weighted by atomic mass is 35.5. The van der Waals surface area contributed by atoms with E-state index in [1.165, 1.54) is 12.1 Å². The van der Waals surface area contributed by atoms with Crippen molar-refractivity contribution < 1.29 is 27.6 Å². The Morgan fingerprint density at radius 1 is 1.24 bits per heavy atom. The molecule has 0 aliphatic carbocycles. The number of carbonyl (C=O) groups is 1. The van der Waals surface area contributed by atoms with Crippen LogP contribution >= 0.6 is 11.6 Å². The summed E-state index contributed by atoms with van der Waals surface area (Å²) < 4.78 is 42.8. The van der Waals surface area contributed by atoms with E-state index in [1.54, 1.807) is 0 Å². The summed E-state index contributed by atoms with van der Waals surface area (Å²) in [5, 5.41) is 13.1. The summed E-state index contributed by atoms with van der Waals surface area (Å²) in [5.74, 6) is -0.880. The van der Waals surface area contributed by atoms with Crippen LogP contribution in [0, 0.1) is 10.1 Å². The summed E-state index contributed by atoms with van der Waals surface area (Å²) in [6, 6.07) is 7.50. The molecule has 0 saturated heterocycles. The molecule has 1 amide bonds. The quantitative estimate of drug-likeness (QED) is 0.625. The van der Waals surface area contributed by atoms with Crippen molar-refractivity contribution >= 4 is 28.9 Å². The van der Waals surface area contributed by atoms with E-state index in [0.717, 1.165) is 30.3 Å². The van der Waals surface area contributed by atoms with Crippen molar-refractivity contribution in [1.29, 1.82) is 0 Å². The smallest absolute Gasteiger partial charge is 0.416 e. The van der Waals surface area contributed by atoms with Crippen LogP contribution in [0.15, 0.2) is 42.5 Å². The van der Waals surface area contributed by atoms with Gasteiger partial charge in [-0.3, -0.25) is 14.9 Å². The van der Waals surface area contributed by atoms with E-state index in [1.807, 2.05) is 0 Å². The van der Waals surface area contributed by atoms with Gasteiger partial charge >= 0.3 is 6.18 Å². The van der Waals surface area contributed by atoms with Crippen molar-refractivity contribution in [1.82, 2.24) is 0 Å². The molecule has 132 valence electrons. The first-order valence-corrected chi connectivity index (χ1v) is 7.08. The maximum absolute atomic E-state index is 12.6. The molecular formula is C15H10ClF3N2O4. The fourth-order valence-corrected chi connectivity index (χ4v) is 1.98. The Bertz CT molecular complexity index is 812. The van der Waals surface area contributed by atoms with Gasteiger partial charge in [0, 0.05) is 12.1 Å². The minimum absolute atomic E-state index is 0.00601. The number of rotatable bonds is 5. The van der Waals surface area contributed by atoms with Crippen LogP contribution in [-0.2, 0) is 11.0 Å². The number of ether oxygens (including phenoxy) is 1. The Morgan fingerprint density at radius 3 is 2.60 bits per heavy atom. The highest BCUT2D eigenvalue weighted by Gasteiger charge is 2.30. The van der Waals surface area contributed by atoms with E-state index < -0.39 is 29.2 Å². The van der Waals surface area contributed by atoms with E-state index in [0.29, 0.717) is 0 Å². The number of amides is 1. The molecule has 10 heteroatoms. The lowest BCUT2D eigenvalue weighted by molar-refractivity contribution is -0.384. The van der Waals surface area contributed by atoms with Crippen LogP contribution in [0.4, 0.5) is 24.5 Å².